The molecule has 0 aromatic heterocycles. The van der Waals surface area contributed by atoms with Crippen LogP contribution in [0.3, 0.4) is 0 Å². The van der Waals surface area contributed by atoms with Gasteiger partial charge < -0.3 is 5.11 Å². The van der Waals surface area contributed by atoms with Gasteiger partial charge in [0.1, 0.15) is 11.6 Å². The molecule has 0 amide bonds. The van der Waals surface area contributed by atoms with Gasteiger partial charge in [-0.25, -0.2) is 4.39 Å². The normalized spacial score (nSPS) is 12.0. The van der Waals surface area contributed by atoms with Crippen molar-refractivity contribution in [2.24, 2.45) is 0 Å². The van der Waals surface area contributed by atoms with Crippen LogP contribution in [0.15, 0.2) is 60.7 Å². The first kappa shape index (κ1) is 11.8. The van der Waals surface area contributed by atoms with Gasteiger partial charge in [-0.2, -0.15) is 0 Å². The summed E-state index contributed by atoms with van der Waals surface area (Å²) in [5, 5.41) is 18.4. The lowest BCUT2D eigenvalue weighted by molar-refractivity contribution is 0.482. The Hall–Kier alpha value is -2.87. The molecule has 0 fully saturated rings. The van der Waals surface area contributed by atoms with Gasteiger partial charge in [0.15, 0.2) is 0 Å². The van der Waals surface area contributed by atoms with E-state index in [4.69, 9.17) is 0 Å². The fraction of sp³-hybridized carbons (Fsp3) is 0. The molecule has 0 spiro atoms. The van der Waals surface area contributed by atoms with E-state index in [1.165, 1.54) is 6.07 Å². The van der Waals surface area contributed by atoms with Crippen molar-refractivity contribution in [1.29, 1.82) is 0 Å². The Balaban J connectivity index is 2.17. The number of hydrogen-bond acceptors (Lipinski definition) is 1. The molecule has 0 radical (unpaired) electrons. The number of phenols is 1. The van der Waals surface area contributed by atoms with Gasteiger partial charge in [-0.1, -0.05) is 36.4 Å². The fourth-order valence-electron chi connectivity index (χ4n) is 3.57. The highest BCUT2D eigenvalue weighted by atomic mass is 19.1. The molecule has 0 saturated carbocycles. The van der Waals surface area contributed by atoms with Crippen LogP contribution in [0.2, 0.25) is 0 Å². The Labute approximate surface area is 125 Å². The molecule has 1 N–H and O–H groups in total. The molecule has 0 aliphatic carbocycles. The van der Waals surface area contributed by atoms with Crippen molar-refractivity contribution in [3.63, 3.8) is 0 Å². The van der Waals surface area contributed by atoms with E-state index in [0.717, 1.165) is 43.1 Å². The first-order valence-corrected chi connectivity index (χ1v) is 7.21. The third kappa shape index (κ3) is 1.37. The Kier molecular flexibility index (Phi) is 2.06. The maximum absolute atomic E-state index is 13.5. The quantitative estimate of drug-likeness (QED) is 0.291. The van der Waals surface area contributed by atoms with Crippen LogP contribution in [-0.2, 0) is 0 Å². The van der Waals surface area contributed by atoms with Gasteiger partial charge >= 0.3 is 0 Å². The van der Waals surface area contributed by atoms with Gasteiger partial charge in [-0.05, 0) is 56.6 Å². The Morgan fingerprint density at radius 3 is 2.18 bits per heavy atom. The van der Waals surface area contributed by atoms with E-state index >= 15 is 0 Å². The molecule has 1 nitrogen and oxygen atoms in total. The third-order valence-corrected chi connectivity index (χ3v) is 4.54. The number of aromatic hydroxyl groups is 1. The zero-order chi connectivity index (χ0) is 14.8. The SMILES string of the molecule is Oc1ccc2ccc3c4ccc(F)cc4cc4ccc1c2c43. The van der Waals surface area contributed by atoms with Crippen LogP contribution in [0.1, 0.15) is 0 Å². The number of benzene rings is 5. The number of fused-ring (bicyclic) bond motifs is 2. The van der Waals surface area contributed by atoms with Crippen LogP contribution < -0.4 is 0 Å². The molecular weight excluding hydrogens is 275 g/mol. The van der Waals surface area contributed by atoms with Gasteiger partial charge in [0, 0.05) is 10.8 Å². The summed E-state index contributed by atoms with van der Waals surface area (Å²) in [5.41, 5.74) is 0. The molecule has 0 aliphatic heterocycles. The first-order chi connectivity index (χ1) is 10.7. The minimum absolute atomic E-state index is 0.224. The summed E-state index contributed by atoms with van der Waals surface area (Å²) < 4.78 is 13.5. The van der Waals surface area contributed by atoms with Crippen molar-refractivity contribution in [3.8, 4) is 5.75 Å². The van der Waals surface area contributed by atoms with Crippen LogP contribution >= 0.6 is 0 Å². The third-order valence-electron chi connectivity index (χ3n) is 4.54. The number of rotatable bonds is 0. The molecule has 5 aromatic carbocycles. The highest BCUT2D eigenvalue weighted by molar-refractivity contribution is 6.29. The van der Waals surface area contributed by atoms with Crippen LogP contribution in [-0.4, -0.2) is 5.11 Å². The standard InChI is InChI=1S/C20H11FO/c21-14-4-7-15-13(10-14)9-12-2-6-17-18(22)8-3-11-1-5-16(15)20(12)19(11)17/h1-10,22H. The van der Waals surface area contributed by atoms with E-state index < -0.39 is 0 Å². The molecule has 0 unspecified atom stereocenters. The van der Waals surface area contributed by atoms with Gasteiger partial charge in [0.2, 0.25) is 0 Å². The average Bonchev–Trinajstić information content (AvgIpc) is 2.53. The summed E-state index contributed by atoms with van der Waals surface area (Å²) in [7, 11) is 0. The van der Waals surface area contributed by atoms with Crippen LogP contribution in [0.5, 0.6) is 5.75 Å². The highest BCUT2D eigenvalue weighted by Crippen LogP contribution is 2.40. The highest BCUT2D eigenvalue weighted by Gasteiger charge is 2.12. The van der Waals surface area contributed by atoms with Crippen LogP contribution in [0, 0.1) is 5.82 Å². The molecule has 0 bridgehead atoms. The molecule has 2 heteroatoms. The molecule has 5 rings (SSSR count). The smallest absolute Gasteiger partial charge is 0.123 e. The topological polar surface area (TPSA) is 20.2 Å². The number of hydrogen-bond donors (Lipinski definition) is 1. The zero-order valence-electron chi connectivity index (χ0n) is 11.6. The summed E-state index contributed by atoms with van der Waals surface area (Å²) in [6.45, 7) is 0. The maximum atomic E-state index is 13.5. The molecule has 0 aliphatic rings. The zero-order valence-corrected chi connectivity index (χ0v) is 11.6. The molecular formula is C20H11FO. The predicted octanol–water partition coefficient (Wildman–Crippen LogP) is 5.58. The van der Waals surface area contributed by atoms with Crippen LogP contribution in [0.25, 0.3) is 43.1 Å². The second-order valence-electron chi connectivity index (χ2n) is 5.75. The minimum Gasteiger partial charge on any atom is -0.507 e. The van der Waals surface area contributed by atoms with E-state index in [1.807, 2.05) is 30.3 Å². The number of halogens is 1. The summed E-state index contributed by atoms with van der Waals surface area (Å²) in [6, 6.07) is 18.7. The van der Waals surface area contributed by atoms with E-state index in [-0.39, 0.29) is 5.82 Å². The van der Waals surface area contributed by atoms with E-state index in [0.29, 0.717) is 5.75 Å². The van der Waals surface area contributed by atoms with Crippen LogP contribution in [0.4, 0.5) is 4.39 Å². The molecule has 0 atom stereocenters. The second kappa shape index (κ2) is 3.86. The van der Waals surface area contributed by atoms with Crippen molar-refractivity contribution >= 4 is 43.1 Å². The Morgan fingerprint density at radius 2 is 1.27 bits per heavy atom. The van der Waals surface area contributed by atoms with Crippen molar-refractivity contribution < 1.29 is 9.50 Å². The minimum atomic E-state index is -0.224. The fourth-order valence-corrected chi connectivity index (χ4v) is 3.57. The maximum Gasteiger partial charge on any atom is 0.123 e. The lowest BCUT2D eigenvalue weighted by Gasteiger charge is -2.13. The largest absolute Gasteiger partial charge is 0.507 e. The summed E-state index contributed by atoms with van der Waals surface area (Å²) in [5.74, 6) is 0.0686. The van der Waals surface area contributed by atoms with Crippen molar-refractivity contribution in [1.82, 2.24) is 0 Å². The lowest BCUT2D eigenvalue weighted by Crippen LogP contribution is -1.86. The lowest BCUT2D eigenvalue weighted by atomic mass is 9.91. The van der Waals surface area contributed by atoms with E-state index in [9.17, 15) is 9.50 Å². The van der Waals surface area contributed by atoms with Crippen molar-refractivity contribution in [2.45, 2.75) is 0 Å². The van der Waals surface area contributed by atoms with Gasteiger partial charge in [-0.3, -0.25) is 0 Å². The van der Waals surface area contributed by atoms with Gasteiger partial charge in [0.05, 0.1) is 0 Å². The molecule has 0 heterocycles. The summed E-state index contributed by atoms with van der Waals surface area (Å²) in [4.78, 5) is 0. The molecule has 104 valence electrons. The molecule has 5 aromatic rings. The summed E-state index contributed by atoms with van der Waals surface area (Å²) >= 11 is 0. The predicted molar refractivity (Wildman–Crippen MR) is 89.3 cm³/mol. The van der Waals surface area contributed by atoms with Gasteiger partial charge in [0.25, 0.3) is 0 Å². The summed E-state index contributed by atoms with van der Waals surface area (Å²) in [6.07, 6.45) is 0. The molecule has 22 heavy (non-hydrogen) atoms. The van der Waals surface area contributed by atoms with E-state index in [2.05, 4.69) is 12.1 Å². The Morgan fingerprint density at radius 1 is 0.591 bits per heavy atom. The monoisotopic (exact) mass is 286 g/mol. The molecule has 0 saturated heterocycles. The number of phenolic OH excluding ortho intramolecular Hbond substituents is 1. The Bertz CT molecular complexity index is 1190. The van der Waals surface area contributed by atoms with Crippen molar-refractivity contribution in [3.05, 3.63) is 66.5 Å². The van der Waals surface area contributed by atoms with Gasteiger partial charge in [-0.15, -0.1) is 0 Å². The van der Waals surface area contributed by atoms with E-state index in [1.54, 1.807) is 12.1 Å². The second-order valence-corrected chi connectivity index (χ2v) is 5.75. The average molecular weight is 286 g/mol. The first-order valence-electron chi connectivity index (χ1n) is 7.21. The van der Waals surface area contributed by atoms with Crippen molar-refractivity contribution in [2.75, 3.05) is 0 Å².